The van der Waals surface area contributed by atoms with Gasteiger partial charge in [0.2, 0.25) is 6.41 Å². The van der Waals surface area contributed by atoms with Crippen LogP contribution in [0.3, 0.4) is 0 Å². The first-order chi connectivity index (χ1) is 16.4. The third-order valence-corrected chi connectivity index (χ3v) is 7.11. The lowest BCUT2D eigenvalue weighted by Gasteiger charge is -2.36. The highest BCUT2D eigenvalue weighted by molar-refractivity contribution is 5.72. The highest BCUT2D eigenvalue weighted by atomic mass is 16.1. The summed E-state index contributed by atoms with van der Waals surface area (Å²) in [5.41, 5.74) is 9.91. The predicted molar refractivity (Wildman–Crippen MR) is 145 cm³/mol. The average molecular weight is 467 g/mol. The number of nitrogens with one attached hydrogen (secondary N) is 1. The van der Waals surface area contributed by atoms with Gasteiger partial charge in [-0.2, -0.15) is 0 Å². The molecule has 2 aliphatic rings. The van der Waals surface area contributed by atoms with Crippen molar-refractivity contribution >= 4 is 29.2 Å². The van der Waals surface area contributed by atoms with E-state index in [0.717, 1.165) is 43.6 Å². The second kappa shape index (κ2) is 12.6. The quantitative estimate of drug-likeness (QED) is 0.501. The fourth-order valence-corrected chi connectivity index (χ4v) is 4.80. The second-order valence-corrected chi connectivity index (χ2v) is 9.76. The SMILES string of the molecule is CN(C)C1CCN(c2ccc(N)cc2)CC1.CN(C)C1CCN(c2ccc(NC=O)cc2)CC1. The minimum atomic E-state index is 0.706. The van der Waals surface area contributed by atoms with Crippen LogP contribution in [0, 0.1) is 0 Å². The minimum absolute atomic E-state index is 0.706. The summed E-state index contributed by atoms with van der Waals surface area (Å²) in [6.45, 7) is 4.49. The summed E-state index contributed by atoms with van der Waals surface area (Å²) in [4.78, 5) is 19.8. The number of hydrogen-bond acceptors (Lipinski definition) is 6. The Bertz CT molecular complexity index is 852. The van der Waals surface area contributed by atoms with E-state index in [1.54, 1.807) is 0 Å². The molecule has 34 heavy (non-hydrogen) atoms. The van der Waals surface area contributed by atoms with Crippen molar-refractivity contribution in [2.24, 2.45) is 0 Å². The van der Waals surface area contributed by atoms with E-state index >= 15 is 0 Å². The van der Waals surface area contributed by atoms with Gasteiger partial charge in [-0.1, -0.05) is 0 Å². The predicted octanol–water partition coefficient (Wildman–Crippen LogP) is 3.58. The summed E-state index contributed by atoms with van der Waals surface area (Å²) in [6, 6.07) is 17.7. The zero-order valence-corrected chi connectivity index (χ0v) is 21.3. The van der Waals surface area contributed by atoms with E-state index in [2.05, 4.69) is 77.4 Å². The average Bonchev–Trinajstić information content (AvgIpc) is 2.86. The van der Waals surface area contributed by atoms with E-state index in [1.165, 1.54) is 37.1 Å². The number of benzene rings is 2. The Balaban J connectivity index is 0.000000192. The number of anilines is 4. The summed E-state index contributed by atoms with van der Waals surface area (Å²) in [6.07, 6.45) is 5.62. The lowest BCUT2D eigenvalue weighted by atomic mass is 10.0. The zero-order valence-electron chi connectivity index (χ0n) is 21.3. The van der Waals surface area contributed by atoms with Crippen LogP contribution in [0.15, 0.2) is 48.5 Å². The molecule has 2 heterocycles. The topological polar surface area (TPSA) is 68.1 Å². The number of amides is 1. The van der Waals surface area contributed by atoms with Crippen LogP contribution in [0.4, 0.5) is 22.7 Å². The molecule has 2 aromatic rings. The third kappa shape index (κ3) is 7.37. The van der Waals surface area contributed by atoms with Gasteiger partial charge < -0.3 is 30.7 Å². The molecule has 2 aromatic carbocycles. The molecule has 0 radical (unpaired) electrons. The fraction of sp³-hybridized carbons (Fsp3) is 0.519. The minimum Gasteiger partial charge on any atom is -0.399 e. The van der Waals surface area contributed by atoms with Gasteiger partial charge in [0.05, 0.1) is 0 Å². The Morgan fingerprint density at radius 2 is 1.12 bits per heavy atom. The summed E-state index contributed by atoms with van der Waals surface area (Å²) in [5.74, 6) is 0. The van der Waals surface area contributed by atoms with Gasteiger partial charge in [-0.3, -0.25) is 4.79 Å². The summed E-state index contributed by atoms with van der Waals surface area (Å²) in [5, 5.41) is 2.65. The van der Waals surface area contributed by atoms with E-state index in [0.29, 0.717) is 12.5 Å². The largest absolute Gasteiger partial charge is 0.399 e. The van der Waals surface area contributed by atoms with Crippen molar-refractivity contribution < 1.29 is 4.79 Å². The Morgan fingerprint density at radius 3 is 1.47 bits per heavy atom. The second-order valence-electron chi connectivity index (χ2n) is 9.76. The van der Waals surface area contributed by atoms with Crippen LogP contribution in [0.5, 0.6) is 0 Å². The first-order valence-electron chi connectivity index (χ1n) is 12.4. The molecule has 2 fully saturated rings. The van der Waals surface area contributed by atoms with Crippen molar-refractivity contribution in [3.05, 3.63) is 48.5 Å². The van der Waals surface area contributed by atoms with Gasteiger partial charge in [0, 0.05) is 61.0 Å². The molecule has 3 N–H and O–H groups in total. The van der Waals surface area contributed by atoms with Crippen LogP contribution < -0.4 is 20.9 Å². The van der Waals surface area contributed by atoms with Crippen LogP contribution in [0.1, 0.15) is 25.7 Å². The molecule has 186 valence electrons. The molecule has 4 rings (SSSR count). The van der Waals surface area contributed by atoms with Gasteiger partial charge in [-0.05, 0) is 102 Å². The molecule has 0 aliphatic carbocycles. The van der Waals surface area contributed by atoms with Crippen LogP contribution >= 0.6 is 0 Å². The molecule has 2 saturated heterocycles. The van der Waals surface area contributed by atoms with Crippen LogP contribution in [0.25, 0.3) is 0 Å². The Labute approximate surface area is 205 Å². The van der Waals surface area contributed by atoms with Crippen molar-refractivity contribution in [3.8, 4) is 0 Å². The third-order valence-electron chi connectivity index (χ3n) is 7.11. The molecule has 7 heteroatoms. The lowest BCUT2D eigenvalue weighted by Crippen LogP contribution is -2.41. The normalized spacial score (nSPS) is 17.5. The van der Waals surface area contributed by atoms with E-state index in [-0.39, 0.29) is 0 Å². The van der Waals surface area contributed by atoms with Crippen molar-refractivity contribution in [1.82, 2.24) is 9.80 Å². The molecule has 0 saturated carbocycles. The molecule has 0 aromatic heterocycles. The number of piperidine rings is 2. The number of nitrogen functional groups attached to an aromatic ring is 1. The van der Waals surface area contributed by atoms with Gasteiger partial charge in [0.25, 0.3) is 0 Å². The van der Waals surface area contributed by atoms with Crippen LogP contribution in [-0.4, -0.2) is 82.7 Å². The Kier molecular flexibility index (Phi) is 9.60. The summed E-state index contributed by atoms with van der Waals surface area (Å²) < 4.78 is 0. The zero-order chi connectivity index (χ0) is 24.5. The molecule has 0 atom stereocenters. The molecular weight excluding hydrogens is 424 g/mol. The molecule has 0 unspecified atom stereocenters. The number of nitrogens with zero attached hydrogens (tertiary/aromatic N) is 4. The number of rotatable bonds is 6. The van der Waals surface area contributed by atoms with Gasteiger partial charge in [-0.25, -0.2) is 0 Å². The smallest absolute Gasteiger partial charge is 0.211 e. The standard InChI is InChI=1S/C14H21N3O.C13H21N3/c1-16(2)13-7-9-17(10-8-13)14-5-3-12(4-6-14)15-11-18;1-15(2)12-7-9-16(10-8-12)13-5-3-11(14)4-6-13/h3-6,11,13H,7-10H2,1-2H3,(H,15,18);3-6,12H,7-10,14H2,1-2H3. The van der Waals surface area contributed by atoms with Crippen molar-refractivity contribution in [3.63, 3.8) is 0 Å². The maximum absolute atomic E-state index is 10.3. The van der Waals surface area contributed by atoms with Crippen molar-refractivity contribution in [2.45, 2.75) is 37.8 Å². The maximum atomic E-state index is 10.3. The van der Waals surface area contributed by atoms with Gasteiger partial charge in [0.1, 0.15) is 0 Å². The maximum Gasteiger partial charge on any atom is 0.211 e. The van der Waals surface area contributed by atoms with Crippen molar-refractivity contribution in [2.75, 3.05) is 75.2 Å². The Hall–Kier alpha value is -2.77. The van der Waals surface area contributed by atoms with E-state index < -0.39 is 0 Å². The number of nitrogens with two attached hydrogens (primary N) is 1. The Morgan fingerprint density at radius 1 is 0.735 bits per heavy atom. The molecule has 1 amide bonds. The highest BCUT2D eigenvalue weighted by Gasteiger charge is 2.21. The molecule has 7 nitrogen and oxygen atoms in total. The summed E-state index contributed by atoms with van der Waals surface area (Å²) >= 11 is 0. The first kappa shape index (κ1) is 25.8. The van der Waals surface area contributed by atoms with E-state index in [4.69, 9.17) is 5.73 Å². The van der Waals surface area contributed by atoms with Gasteiger partial charge in [-0.15, -0.1) is 0 Å². The van der Waals surface area contributed by atoms with E-state index in [1.807, 2.05) is 24.3 Å². The van der Waals surface area contributed by atoms with Gasteiger partial charge >= 0.3 is 0 Å². The van der Waals surface area contributed by atoms with Crippen molar-refractivity contribution in [1.29, 1.82) is 0 Å². The van der Waals surface area contributed by atoms with Gasteiger partial charge in [0.15, 0.2) is 0 Å². The molecule has 0 bridgehead atoms. The highest BCUT2D eigenvalue weighted by Crippen LogP contribution is 2.24. The first-order valence-corrected chi connectivity index (χ1v) is 12.4. The fourth-order valence-electron chi connectivity index (χ4n) is 4.80. The number of carbonyl (C=O) groups excluding carboxylic acids is 1. The monoisotopic (exact) mass is 466 g/mol. The number of hydrogen-bond donors (Lipinski definition) is 2. The molecule has 2 aliphatic heterocycles. The van der Waals surface area contributed by atoms with Crippen LogP contribution in [-0.2, 0) is 4.79 Å². The molecule has 0 spiro atoms. The summed E-state index contributed by atoms with van der Waals surface area (Å²) in [7, 11) is 8.65. The number of carbonyl (C=O) groups is 1. The van der Waals surface area contributed by atoms with Crippen LogP contribution in [0.2, 0.25) is 0 Å². The molecular formula is C27H42N6O. The van der Waals surface area contributed by atoms with E-state index in [9.17, 15) is 4.79 Å². The lowest BCUT2D eigenvalue weighted by molar-refractivity contribution is -0.105.